The maximum Gasteiger partial charge on any atom is 0.160 e. The maximum absolute atomic E-state index is 6.49. The molecule has 254 valence electrons. The summed E-state index contributed by atoms with van der Waals surface area (Å²) in [6, 6.07) is 60.5. The Morgan fingerprint density at radius 3 is 1.91 bits per heavy atom. The van der Waals surface area contributed by atoms with Gasteiger partial charge in [-0.2, -0.15) is 0 Å². The molecule has 0 fully saturated rings. The van der Waals surface area contributed by atoms with Gasteiger partial charge in [0.2, 0.25) is 0 Å². The van der Waals surface area contributed by atoms with Crippen molar-refractivity contribution in [2.75, 3.05) is 0 Å². The summed E-state index contributed by atoms with van der Waals surface area (Å²) in [7, 11) is 0. The molecular weight excluding hydrogens is 657 g/mol. The largest absolute Gasteiger partial charge is 0.455 e. The normalized spacial score (nSPS) is 13.1. The van der Waals surface area contributed by atoms with Crippen LogP contribution in [0.4, 0.5) is 0 Å². The molecule has 0 N–H and O–H groups in total. The van der Waals surface area contributed by atoms with Crippen LogP contribution in [0.3, 0.4) is 0 Å². The summed E-state index contributed by atoms with van der Waals surface area (Å²) in [4.78, 5) is 10.4. The van der Waals surface area contributed by atoms with Crippen LogP contribution in [0.1, 0.15) is 25.0 Å². The third kappa shape index (κ3) is 4.55. The van der Waals surface area contributed by atoms with E-state index in [0.29, 0.717) is 5.82 Å². The molecular formula is C51H34N2O. The van der Waals surface area contributed by atoms with Crippen molar-refractivity contribution in [3.63, 3.8) is 0 Å². The fourth-order valence-corrected chi connectivity index (χ4v) is 8.95. The van der Waals surface area contributed by atoms with Gasteiger partial charge < -0.3 is 4.42 Å². The van der Waals surface area contributed by atoms with Crippen LogP contribution in [0, 0.1) is 0 Å². The van der Waals surface area contributed by atoms with E-state index in [1.165, 1.54) is 49.5 Å². The lowest BCUT2D eigenvalue weighted by Crippen LogP contribution is -2.15. The van der Waals surface area contributed by atoms with Crippen LogP contribution in [-0.4, -0.2) is 9.97 Å². The molecule has 8 aromatic carbocycles. The summed E-state index contributed by atoms with van der Waals surface area (Å²) in [5.41, 5.74) is 14.1. The minimum Gasteiger partial charge on any atom is -0.455 e. The predicted molar refractivity (Wildman–Crippen MR) is 224 cm³/mol. The molecule has 0 unspecified atom stereocenters. The lowest BCUT2D eigenvalue weighted by atomic mass is 9.80. The van der Waals surface area contributed by atoms with Gasteiger partial charge in [-0.3, -0.25) is 0 Å². The fraction of sp³-hybridized carbons (Fsp3) is 0.0588. The molecule has 0 saturated heterocycles. The number of nitrogens with zero attached hydrogens (tertiary/aromatic N) is 2. The molecule has 0 saturated carbocycles. The number of para-hydroxylation sites is 2. The first-order valence-corrected chi connectivity index (χ1v) is 18.6. The second kappa shape index (κ2) is 11.6. The molecule has 11 rings (SSSR count). The van der Waals surface area contributed by atoms with Crippen molar-refractivity contribution in [3.05, 3.63) is 181 Å². The van der Waals surface area contributed by atoms with E-state index in [1.807, 2.05) is 30.3 Å². The molecule has 2 aromatic heterocycles. The van der Waals surface area contributed by atoms with Crippen molar-refractivity contribution >= 4 is 43.5 Å². The van der Waals surface area contributed by atoms with Crippen molar-refractivity contribution in [3.8, 4) is 56.2 Å². The first kappa shape index (κ1) is 30.8. The molecule has 0 atom stereocenters. The zero-order valence-corrected chi connectivity index (χ0v) is 30.0. The number of hydrogen-bond acceptors (Lipinski definition) is 3. The lowest BCUT2D eigenvalue weighted by molar-refractivity contribution is 0.666. The molecule has 10 aromatic rings. The van der Waals surface area contributed by atoms with E-state index in [1.54, 1.807) is 0 Å². The second-order valence-electron chi connectivity index (χ2n) is 14.9. The van der Waals surface area contributed by atoms with Gasteiger partial charge >= 0.3 is 0 Å². The average molecular weight is 691 g/mol. The van der Waals surface area contributed by atoms with Crippen LogP contribution in [0.2, 0.25) is 0 Å². The number of aromatic nitrogens is 2. The zero-order valence-electron chi connectivity index (χ0n) is 30.0. The first-order valence-electron chi connectivity index (χ1n) is 18.6. The molecule has 0 spiro atoms. The van der Waals surface area contributed by atoms with Crippen molar-refractivity contribution in [2.24, 2.45) is 0 Å². The van der Waals surface area contributed by atoms with Crippen molar-refractivity contribution in [1.82, 2.24) is 9.97 Å². The van der Waals surface area contributed by atoms with Gasteiger partial charge in [-0.25, -0.2) is 9.97 Å². The van der Waals surface area contributed by atoms with E-state index < -0.39 is 0 Å². The Morgan fingerprint density at radius 2 is 1.07 bits per heavy atom. The zero-order chi connectivity index (χ0) is 36.0. The number of furan rings is 1. The maximum atomic E-state index is 6.49. The van der Waals surface area contributed by atoms with Gasteiger partial charge in [-0.05, 0) is 79.2 Å². The Balaban J connectivity index is 1.10. The Hall–Kier alpha value is -6.84. The van der Waals surface area contributed by atoms with E-state index in [0.717, 1.165) is 55.4 Å². The molecule has 0 radical (unpaired) electrons. The van der Waals surface area contributed by atoms with Gasteiger partial charge in [0.05, 0.1) is 11.4 Å². The SMILES string of the molecule is CC1(C)c2ccc(-c3ccc(-c4cc(-c5cccc6c5oc5ccccc56)nc(-c5ccccc5)n4)c4ccccc34)cc2-c2ccc3ccccc3c21. The number of fused-ring (bicyclic) bond motifs is 9. The van der Waals surface area contributed by atoms with E-state index in [-0.39, 0.29) is 5.41 Å². The van der Waals surface area contributed by atoms with E-state index in [9.17, 15) is 0 Å². The monoisotopic (exact) mass is 690 g/mol. The third-order valence-electron chi connectivity index (χ3n) is 11.5. The van der Waals surface area contributed by atoms with Crippen molar-refractivity contribution in [2.45, 2.75) is 19.3 Å². The van der Waals surface area contributed by atoms with E-state index in [2.05, 4.69) is 153 Å². The Morgan fingerprint density at radius 1 is 0.426 bits per heavy atom. The topological polar surface area (TPSA) is 38.9 Å². The lowest BCUT2D eigenvalue weighted by Gasteiger charge is -2.23. The molecule has 0 amide bonds. The minimum absolute atomic E-state index is 0.0934. The highest BCUT2D eigenvalue weighted by Gasteiger charge is 2.37. The summed E-state index contributed by atoms with van der Waals surface area (Å²) in [5, 5.41) is 7.13. The second-order valence-corrected chi connectivity index (χ2v) is 14.9. The molecule has 54 heavy (non-hydrogen) atoms. The van der Waals surface area contributed by atoms with E-state index in [4.69, 9.17) is 14.4 Å². The molecule has 0 aliphatic heterocycles. The Bertz CT molecular complexity index is 3130. The molecule has 3 nitrogen and oxygen atoms in total. The molecule has 1 aliphatic rings. The summed E-state index contributed by atoms with van der Waals surface area (Å²) in [6.45, 7) is 4.73. The number of benzene rings is 8. The predicted octanol–water partition coefficient (Wildman–Crippen LogP) is 13.7. The summed E-state index contributed by atoms with van der Waals surface area (Å²) in [5.74, 6) is 0.678. The van der Waals surface area contributed by atoms with E-state index >= 15 is 0 Å². The smallest absolute Gasteiger partial charge is 0.160 e. The molecule has 0 bridgehead atoms. The summed E-state index contributed by atoms with van der Waals surface area (Å²) < 4.78 is 6.49. The number of hydrogen-bond donors (Lipinski definition) is 0. The van der Waals surface area contributed by atoms with Crippen LogP contribution in [0.15, 0.2) is 174 Å². The molecule has 2 heterocycles. The van der Waals surface area contributed by atoms with Gasteiger partial charge in [0.25, 0.3) is 0 Å². The van der Waals surface area contributed by atoms with Crippen LogP contribution in [-0.2, 0) is 5.41 Å². The first-order chi connectivity index (χ1) is 26.5. The quantitative estimate of drug-likeness (QED) is 0.184. The van der Waals surface area contributed by atoms with Crippen LogP contribution < -0.4 is 0 Å². The van der Waals surface area contributed by atoms with Gasteiger partial charge in [-0.15, -0.1) is 0 Å². The van der Waals surface area contributed by atoms with Crippen LogP contribution in [0.25, 0.3) is 99.6 Å². The number of rotatable bonds is 4. The fourth-order valence-electron chi connectivity index (χ4n) is 8.95. The van der Waals surface area contributed by atoms with Gasteiger partial charge in [0.1, 0.15) is 11.2 Å². The van der Waals surface area contributed by atoms with Crippen LogP contribution in [0.5, 0.6) is 0 Å². The highest BCUT2D eigenvalue weighted by atomic mass is 16.3. The van der Waals surface area contributed by atoms with Gasteiger partial charge in [0.15, 0.2) is 5.82 Å². The standard InChI is InChI=1S/C51H34N2O/c1-51(2)44-28-24-33(29-43(44)40-25-23-31-13-6-7-16-35(31)48(40)51)34-26-27-38(37-18-9-8-17-36(34)37)45-30-46(53-50(52-45)32-14-4-3-5-15-32)42-21-12-20-41-39-19-10-11-22-47(39)54-49(41)42/h3-30H,1-2H3. The van der Waals surface area contributed by atoms with Gasteiger partial charge in [0, 0.05) is 32.9 Å². The average Bonchev–Trinajstić information content (AvgIpc) is 3.72. The highest BCUT2D eigenvalue weighted by molar-refractivity contribution is 6.10. The third-order valence-corrected chi connectivity index (χ3v) is 11.5. The molecule has 1 aliphatic carbocycles. The highest BCUT2D eigenvalue weighted by Crippen LogP contribution is 2.52. The summed E-state index contributed by atoms with van der Waals surface area (Å²) in [6.07, 6.45) is 0. The Kier molecular flexibility index (Phi) is 6.60. The minimum atomic E-state index is -0.0934. The van der Waals surface area contributed by atoms with Crippen molar-refractivity contribution in [1.29, 1.82) is 0 Å². The molecule has 3 heteroatoms. The van der Waals surface area contributed by atoms with Gasteiger partial charge in [-0.1, -0.05) is 159 Å². The summed E-state index contributed by atoms with van der Waals surface area (Å²) >= 11 is 0. The Labute approximate surface area is 313 Å². The van der Waals surface area contributed by atoms with Crippen LogP contribution >= 0.6 is 0 Å². The van der Waals surface area contributed by atoms with Crippen molar-refractivity contribution < 1.29 is 4.42 Å².